The van der Waals surface area contributed by atoms with Crippen molar-refractivity contribution in [2.45, 2.75) is 44.8 Å². The van der Waals surface area contributed by atoms with Crippen molar-refractivity contribution in [1.82, 2.24) is 14.7 Å². The second kappa shape index (κ2) is 7.70. The first kappa shape index (κ1) is 16.8. The molecular formula is C17H26N4O3. The Kier molecular flexibility index (Phi) is 5.40. The van der Waals surface area contributed by atoms with Crippen LogP contribution in [-0.2, 0) is 9.47 Å². The number of aromatic nitrogens is 2. The summed E-state index contributed by atoms with van der Waals surface area (Å²) in [4.78, 5) is 14.3. The van der Waals surface area contributed by atoms with Crippen molar-refractivity contribution in [3.63, 3.8) is 0 Å². The monoisotopic (exact) mass is 334 g/mol. The van der Waals surface area contributed by atoms with Gasteiger partial charge < -0.3 is 15.2 Å². The van der Waals surface area contributed by atoms with Crippen LogP contribution < -0.4 is 5.73 Å². The van der Waals surface area contributed by atoms with Gasteiger partial charge in [0, 0.05) is 19.6 Å². The van der Waals surface area contributed by atoms with Gasteiger partial charge in [-0.3, -0.25) is 4.90 Å². The van der Waals surface area contributed by atoms with E-state index in [9.17, 15) is 4.79 Å². The molecule has 0 unspecified atom stereocenters. The van der Waals surface area contributed by atoms with Crippen LogP contribution in [0.3, 0.4) is 0 Å². The van der Waals surface area contributed by atoms with Gasteiger partial charge in [0.05, 0.1) is 25.1 Å². The van der Waals surface area contributed by atoms with Gasteiger partial charge in [-0.1, -0.05) is 0 Å². The molecule has 2 aliphatic heterocycles. The van der Waals surface area contributed by atoms with Crippen LogP contribution in [0.4, 0.5) is 5.82 Å². The molecule has 1 saturated heterocycles. The molecule has 1 aromatic rings. The Morgan fingerprint density at radius 2 is 2.21 bits per heavy atom. The number of likely N-dealkylation sites (tertiary alicyclic amines) is 1. The summed E-state index contributed by atoms with van der Waals surface area (Å²) < 4.78 is 12.4. The number of hydrogen-bond donors (Lipinski definition) is 1. The number of hydrogen-bond acceptors (Lipinski definition) is 6. The zero-order valence-corrected chi connectivity index (χ0v) is 14.2. The van der Waals surface area contributed by atoms with Gasteiger partial charge in [-0.15, -0.1) is 0 Å². The van der Waals surface area contributed by atoms with E-state index in [1.165, 1.54) is 6.20 Å². The molecule has 3 rings (SSSR count). The van der Waals surface area contributed by atoms with Gasteiger partial charge in [-0.2, -0.15) is 5.10 Å². The second-order valence-corrected chi connectivity index (χ2v) is 6.35. The van der Waals surface area contributed by atoms with E-state index in [-0.39, 0.29) is 6.04 Å². The lowest BCUT2D eigenvalue weighted by Gasteiger charge is -2.34. The van der Waals surface area contributed by atoms with E-state index in [4.69, 9.17) is 15.2 Å². The summed E-state index contributed by atoms with van der Waals surface area (Å²) in [6.07, 6.45) is 9.84. The molecule has 7 nitrogen and oxygen atoms in total. The van der Waals surface area contributed by atoms with Crippen molar-refractivity contribution in [3.8, 4) is 0 Å². The fraction of sp³-hybridized carbons (Fsp3) is 0.647. The normalized spacial score (nSPS) is 22.3. The number of ether oxygens (including phenoxy) is 2. The summed E-state index contributed by atoms with van der Waals surface area (Å²) in [6.45, 7) is 5.06. The predicted molar refractivity (Wildman–Crippen MR) is 90.6 cm³/mol. The molecule has 0 bridgehead atoms. The van der Waals surface area contributed by atoms with Crippen molar-refractivity contribution in [1.29, 1.82) is 0 Å². The molecule has 2 N–H and O–H groups in total. The lowest BCUT2D eigenvalue weighted by molar-refractivity contribution is 0.0527. The number of carbonyl (C=O) groups excluding carboxylic acids is 1. The van der Waals surface area contributed by atoms with Crippen molar-refractivity contribution in [2.24, 2.45) is 0 Å². The molecule has 132 valence electrons. The Morgan fingerprint density at radius 1 is 1.42 bits per heavy atom. The average Bonchev–Trinajstić information content (AvgIpc) is 2.98. The molecule has 0 aliphatic carbocycles. The van der Waals surface area contributed by atoms with E-state index in [1.807, 2.05) is 6.26 Å². The molecule has 0 aromatic carbocycles. The third kappa shape index (κ3) is 3.72. The number of carbonyl (C=O) groups is 1. The van der Waals surface area contributed by atoms with Crippen molar-refractivity contribution < 1.29 is 14.3 Å². The number of esters is 1. The summed E-state index contributed by atoms with van der Waals surface area (Å²) in [7, 11) is 0. The maximum Gasteiger partial charge on any atom is 0.343 e. The zero-order chi connectivity index (χ0) is 16.9. The SMILES string of the molecule is CCOC(=O)c1cnn(C2CCN(C[C@H]3CCC=CO3)CC2)c1N. The summed E-state index contributed by atoms with van der Waals surface area (Å²) in [5, 5.41) is 4.32. The number of allylic oxidation sites excluding steroid dienone is 1. The van der Waals surface area contributed by atoms with Crippen LogP contribution in [0.15, 0.2) is 18.5 Å². The summed E-state index contributed by atoms with van der Waals surface area (Å²) in [6, 6.07) is 0.233. The molecule has 2 aliphatic rings. The highest BCUT2D eigenvalue weighted by Crippen LogP contribution is 2.27. The lowest BCUT2D eigenvalue weighted by Crippen LogP contribution is -2.40. The maximum absolute atomic E-state index is 11.9. The van der Waals surface area contributed by atoms with Gasteiger partial charge in [0.25, 0.3) is 0 Å². The number of rotatable bonds is 5. The van der Waals surface area contributed by atoms with Gasteiger partial charge in [-0.05, 0) is 38.7 Å². The molecule has 0 spiro atoms. The summed E-state index contributed by atoms with van der Waals surface area (Å²) in [5.74, 6) is 0.00818. The minimum Gasteiger partial charge on any atom is -0.497 e. The Hall–Kier alpha value is -2.02. The molecule has 0 saturated carbocycles. The first-order chi connectivity index (χ1) is 11.7. The highest BCUT2D eigenvalue weighted by molar-refractivity contribution is 5.94. The predicted octanol–water partition coefficient (Wildman–Crippen LogP) is 1.97. The third-order valence-electron chi connectivity index (χ3n) is 4.72. The van der Waals surface area contributed by atoms with Crippen LogP contribution >= 0.6 is 0 Å². The maximum atomic E-state index is 11.9. The zero-order valence-electron chi connectivity index (χ0n) is 14.2. The van der Waals surface area contributed by atoms with E-state index >= 15 is 0 Å². The summed E-state index contributed by atoms with van der Waals surface area (Å²) in [5.41, 5.74) is 6.47. The first-order valence-electron chi connectivity index (χ1n) is 8.72. The molecular weight excluding hydrogens is 308 g/mol. The molecule has 3 heterocycles. The molecule has 0 amide bonds. The highest BCUT2D eigenvalue weighted by Gasteiger charge is 2.26. The minimum absolute atomic E-state index is 0.233. The van der Waals surface area contributed by atoms with E-state index in [0.29, 0.717) is 24.1 Å². The quantitative estimate of drug-likeness (QED) is 0.829. The van der Waals surface area contributed by atoms with Crippen LogP contribution in [-0.4, -0.2) is 53.0 Å². The number of nitrogens with two attached hydrogens (primary N) is 1. The van der Waals surface area contributed by atoms with E-state index in [1.54, 1.807) is 11.6 Å². The molecule has 1 fully saturated rings. The van der Waals surface area contributed by atoms with E-state index in [2.05, 4.69) is 16.1 Å². The average molecular weight is 334 g/mol. The Balaban J connectivity index is 1.55. The molecule has 1 aromatic heterocycles. The fourth-order valence-corrected chi connectivity index (χ4v) is 3.38. The van der Waals surface area contributed by atoms with Crippen molar-refractivity contribution >= 4 is 11.8 Å². The Labute approximate surface area is 142 Å². The molecule has 1 atom stereocenters. The van der Waals surface area contributed by atoms with E-state index in [0.717, 1.165) is 45.3 Å². The van der Waals surface area contributed by atoms with Crippen LogP contribution in [0.5, 0.6) is 0 Å². The molecule has 24 heavy (non-hydrogen) atoms. The third-order valence-corrected chi connectivity index (χ3v) is 4.72. The number of piperidine rings is 1. The number of nitrogen functional groups attached to an aromatic ring is 1. The topological polar surface area (TPSA) is 82.6 Å². The second-order valence-electron chi connectivity index (χ2n) is 6.35. The van der Waals surface area contributed by atoms with Gasteiger partial charge >= 0.3 is 5.97 Å². The van der Waals surface area contributed by atoms with Gasteiger partial charge in [0.1, 0.15) is 17.5 Å². The van der Waals surface area contributed by atoms with Crippen molar-refractivity contribution in [3.05, 3.63) is 24.1 Å². The van der Waals surface area contributed by atoms with E-state index < -0.39 is 5.97 Å². The smallest absolute Gasteiger partial charge is 0.343 e. The number of nitrogens with zero attached hydrogens (tertiary/aromatic N) is 3. The van der Waals surface area contributed by atoms with Crippen LogP contribution in [0.1, 0.15) is 49.0 Å². The lowest BCUT2D eigenvalue weighted by atomic mass is 10.0. The summed E-state index contributed by atoms with van der Waals surface area (Å²) >= 11 is 0. The standard InChI is InChI=1S/C17H26N4O3/c1-2-23-17(22)15-11-19-21(16(15)18)13-6-8-20(9-7-13)12-14-5-3-4-10-24-14/h4,10-11,13-14H,2-3,5-9,12,18H2,1H3/t14-/m1/s1. The van der Waals surface area contributed by atoms with Gasteiger partial charge in [0.15, 0.2) is 0 Å². The fourth-order valence-electron chi connectivity index (χ4n) is 3.38. The highest BCUT2D eigenvalue weighted by atomic mass is 16.5. The van der Waals surface area contributed by atoms with Crippen LogP contribution in [0.25, 0.3) is 0 Å². The van der Waals surface area contributed by atoms with Gasteiger partial charge in [-0.25, -0.2) is 9.48 Å². The Bertz CT molecular complexity index is 591. The molecule has 7 heteroatoms. The van der Waals surface area contributed by atoms with Gasteiger partial charge in [0.2, 0.25) is 0 Å². The largest absolute Gasteiger partial charge is 0.497 e. The minimum atomic E-state index is -0.402. The van der Waals surface area contributed by atoms with Crippen LogP contribution in [0.2, 0.25) is 0 Å². The van der Waals surface area contributed by atoms with Crippen molar-refractivity contribution in [2.75, 3.05) is 32.0 Å². The number of anilines is 1. The van der Waals surface area contributed by atoms with Crippen LogP contribution in [0, 0.1) is 0 Å². The molecule has 0 radical (unpaired) electrons. The first-order valence-corrected chi connectivity index (χ1v) is 8.72. The Morgan fingerprint density at radius 3 is 2.88 bits per heavy atom.